The lowest BCUT2D eigenvalue weighted by atomic mass is 9.68. The molecule has 30 heavy (non-hydrogen) atoms. The lowest BCUT2D eigenvalue weighted by molar-refractivity contribution is -0.272. The maximum absolute atomic E-state index is 14.2. The van der Waals surface area contributed by atoms with Gasteiger partial charge in [0.1, 0.15) is 0 Å². The summed E-state index contributed by atoms with van der Waals surface area (Å²) < 4.78 is 42.6. The Labute approximate surface area is 177 Å². The fourth-order valence-electron chi connectivity index (χ4n) is 4.73. The quantitative estimate of drug-likeness (QED) is 0.594. The molecule has 0 saturated heterocycles. The summed E-state index contributed by atoms with van der Waals surface area (Å²) in [6.45, 7) is 3.60. The van der Waals surface area contributed by atoms with Gasteiger partial charge in [0.25, 0.3) is 0 Å². The first kappa shape index (κ1) is 21.0. The molecule has 3 atom stereocenters. The zero-order chi connectivity index (χ0) is 21.8. The second kappa shape index (κ2) is 7.17. The third-order valence-electron chi connectivity index (χ3n) is 6.31. The molecule has 2 aliphatic rings. The first-order valence-corrected chi connectivity index (χ1v) is 10.2. The Morgan fingerprint density at radius 1 is 1.30 bits per heavy atom. The Kier molecular flexibility index (Phi) is 5.02. The fraction of sp³-hybridized carbons (Fsp3) is 0.409. The number of nitrogens with one attached hydrogen (secondary N) is 2. The van der Waals surface area contributed by atoms with Crippen LogP contribution < -0.4 is 10.6 Å². The standard InChI is InChI=1S/C22H22ClF3N2O2/c1-3-12-10-21(30,22(24,25)26)20(13-7-8-15(23)11(2)19(12)13)28-17-6-4-5-16-14(17)9-18(29)27-16/h4-8,12,20,28,30H,3,9-10H2,1-2H3,(H,27,29)/t12-,20+,21-/m1/s1. The van der Waals surface area contributed by atoms with Gasteiger partial charge in [0, 0.05) is 22.0 Å². The summed E-state index contributed by atoms with van der Waals surface area (Å²) in [5, 5.41) is 17.2. The minimum absolute atomic E-state index is 0.0692. The second-order valence-corrected chi connectivity index (χ2v) is 8.45. The van der Waals surface area contributed by atoms with E-state index in [1.54, 1.807) is 44.2 Å². The Bertz CT molecular complexity index is 1020. The van der Waals surface area contributed by atoms with E-state index in [2.05, 4.69) is 10.6 Å². The predicted octanol–water partition coefficient (Wildman–Crippen LogP) is 5.49. The Morgan fingerprint density at radius 2 is 2.03 bits per heavy atom. The zero-order valence-electron chi connectivity index (χ0n) is 16.5. The van der Waals surface area contributed by atoms with E-state index in [0.29, 0.717) is 33.9 Å². The van der Waals surface area contributed by atoms with E-state index in [0.717, 1.165) is 11.1 Å². The molecule has 0 aromatic heterocycles. The maximum Gasteiger partial charge on any atom is 0.419 e. The van der Waals surface area contributed by atoms with Crippen molar-refractivity contribution < 1.29 is 23.1 Å². The molecule has 1 heterocycles. The number of rotatable bonds is 3. The summed E-state index contributed by atoms with van der Waals surface area (Å²) in [5.41, 5.74) is 0.439. The van der Waals surface area contributed by atoms with Crippen LogP contribution in [0.2, 0.25) is 5.02 Å². The van der Waals surface area contributed by atoms with Gasteiger partial charge >= 0.3 is 6.18 Å². The molecule has 0 bridgehead atoms. The van der Waals surface area contributed by atoms with E-state index in [1.165, 1.54) is 0 Å². The van der Waals surface area contributed by atoms with Crippen LogP contribution in [0.5, 0.6) is 0 Å². The summed E-state index contributed by atoms with van der Waals surface area (Å²) >= 11 is 6.28. The van der Waals surface area contributed by atoms with E-state index >= 15 is 0 Å². The first-order chi connectivity index (χ1) is 14.1. The number of alkyl halides is 3. The molecule has 0 saturated carbocycles. The molecular weight excluding hydrogens is 417 g/mol. The minimum Gasteiger partial charge on any atom is -0.379 e. The average Bonchev–Trinajstić information content (AvgIpc) is 3.06. The van der Waals surface area contributed by atoms with Crippen molar-refractivity contribution in [3.8, 4) is 0 Å². The van der Waals surface area contributed by atoms with Gasteiger partial charge in [-0.15, -0.1) is 0 Å². The number of hydrogen-bond donors (Lipinski definition) is 3. The third kappa shape index (κ3) is 3.15. The van der Waals surface area contributed by atoms with Gasteiger partial charge in [0.05, 0.1) is 12.5 Å². The zero-order valence-corrected chi connectivity index (χ0v) is 17.3. The van der Waals surface area contributed by atoms with Crippen molar-refractivity contribution >= 4 is 28.9 Å². The van der Waals surface area contributed by atoms with Crippen LogP contribution in [0.3, 0.4) is 0 Å². The van der Waals surface area contributed by atoms with E-state index in [4.69, 9.17) is 11.6 Å². The number of carbonyl (C=O) groups is 1. The smallest absolute Gasteiger partial charge is 0.379 e. The van der Waals surface area contributed by atoms with Crippen molar-refractivity contribution in [2.75, 3.05) is 10.6 Å². The SMILES string of the molecule is CC[C@@H]1C[C@](O)(C(F)(F)F)[C@@H](Nc2cccc3c2CC(=O)N3)c2ccc(Cl)c(C)c21. The first-order valence-electron chi connectivity index (χ1n) is 9.83. The molecule has 8 heteroatoms. The molecule has 0 radical (unpaired) electrons. The molecule has 1 amide bonds. The molecular formula is C22H22ClF3N2O2. The van der Waals surface area contributed by atoms with Crippen LogP contribution in [0.1, 0.15) is 54.0 Å². The molecule has 0 spiro atoms. The number of carbonyl (C=O) groups excluding carboxylic acids is 1. The molecule has 2 aromatic carbocycles. The Balaban J connectivity index is 1.89. The number of hydrogen-bond acceptors (Lipinski definition) is 3. The van der Waals surface area contributed by atoms with Crippen LogP contribution in [-0.4, -0.2) is 22.8 Å². The lowest BCUT2D eigenvalue weighted by Gasteiger charge is -2.46. The van der Waals surface area contributed by atoms with Gasteiger partial charge in [0.15, 0.2) is 5.60 Å². The summed E-state index contributed by atoms with van der Waals surface area (Å²) in [4.78, 5) is 11.8. The van der Waals surface area contributed by atoms with Crippen molar-refractivity contribution in [3.63, 3.8) is 0 Å². The van der Waals surface area contributed by atoms with Crippen molar-refractivity contribution in [1.82, 2.24) is 0 Å². The van der Waals surface area contributed by atoms with Crippen LogP contribution in [0, 0.1) is 6.92 Å². The van der Waals surface area contributed by atoms with Gasteiger partial charge in [-0.2, -0.15) is 13.2 Å². The molecule has 0 unspecified atom stereocenters. The number of fused-ring (bicyclic) bond motifs is 2. The van der Waals surface area contributed by atoms with Gasteiger partial charge in [-0.05, 0) is 60.6 Å². The summed E-state index contributed by atoms with van der Waals surface area (Å²) in [6, 6.07) is 6.68. The largest absolute Gasteiger partial charge is 0.419 e. The Morgan fingerprint density at radius 3 is 2.70 bits per heavy atom. The minimum atomic E-state index is -4.85. The number of amides is 1. The molecule has 0 fully saturated rings. The number of aliphatic hydroxyl groups is 1. The highest BCUT2D eigenvalue weighted by molar-refractivity contribution is 6.31. The van der Waals surface area contributed by atoms with Gasteiger partial charge in [0.2, 0.25) is 5.91 Å². The van der Waals surface area contributed by atoms with Crippen LogP contribution in [0.15, 0.2) is 30.3 Å². The summed E-state index contributed by atoms with van der Waals surface area (Å²) in [6.07, 6.45) is -4.81. The fourth-order valence-corrected chi connectivity index (χ4v) is 4.90. The van der Waals surface area contributed by atoms with Crippen LogP contribution in [0.4, 0.5) is 24.5 Å². The van der Waals surface area contributed by atoms with Gasteiger partial charge in [-0.3, -0.25) is 4.79 Å². The van der Waals surface area contributed by atoms with Crippen LogP contribution >= 0.6 is 11.6 Å². The van der Waals surface area contributed by atoms with Gasteiger partial charge in [-0.1, -0.05) is 30.7 Å². The van der Waals surface area contributed by atoms with Crippen molar-refractivity contribution in [3.05, 3.63) is 57.6 Å². The monoisotopic (exact) mass is 438 g/mol. The van der Waals surface area contributed by atoms with Crippen LogP contribution in [-0.2, 0) is 11.2 Å². The highest BCUT2D eigenvalue weighted by Crippen LogP contribution is 2.54. The van der Waals surface area contributed by atoms with E-state index in [9.17, 15) is 23.1 Å². The van der Waals surface area contributed by atoms with Gasteiger partial charge < -0.3 is 15.7 Å². The molecule has 160 valence electrons. The predicted molar refractivity (Wildman–Crippen MR) is 110 cm³/mol. The summed E-state index contributed by atoms with van der Waals surface area (Å²) in [5.74, 6) is -0.698. The number of anilines is 2. The van der Waals surface area contributed by atoms with Crippen molar-refractivity contribution in [2.45, 2.75) is 56.8 Å². The van der Waals surface area contributed by atoms with Crippen molar-refractivity contribution in [1.29, 1.82) is 0 Å². The van der Waals surface area contributed by atoms with E-state index < -0.39 is 30.2 Å². The maximum atomic E-state index is 14.2. The number of benzene rings is 2. The highest BCUT2D eigenvalue weighted by atomic mass is 35.5. The molecule has 3 N–H and O–H groups in total. The highest BCUT2D eigenvalue weighted by Gasteiger charge is 2.62. The molecule has 4 nitrogen and oxygen atoms in total. The topological polar surface area (TPSA) is 61.4 Å². The number of halogens is 4. The van der Waals surface area contributed by atoms with Crippen LogP contribution in [0.25, 0.3) is 0 Å². The molecule has 1 aliphatic heterocycles. The Hall–Kier alpha value is -2.25. The second-order valence-electron chi connectivity index (χ2n) is 8.04. The molecule has 2 aromatic rings. The van der Waals surface area contributed by atoms with E-state index in [1.807, 2.05) is 0 Å². The molecule has 1 aliphatic carbocycles. The van der Waals surface area contributed by atoms with Gasteiger partial charge in [-0.25, -0.2) is 0 Å². The average molecular weight is 439 g/mol. The molecule has 4 rings (SSSR count). The lowest BCUT2D eigenvalue weighted by Crippen LogP contribution is -2.55. The normalized spacial score (nSPS) is 25.5. The van der Waals surface area contributed by atoms with Crippen molar-refractivity contribution in [2.24, 2.45) is 0 Å². The third-order valence-corrected chi connectivity index (χ3v) is 6.72. The van der Waals surface area contributed by atoms with E-state index in [-0.39, 0.29) is 12.3 Å². The summed E-state index contributed by atoms with van der Waals surface area (Å²) in [7, 11) is 0.